The van der Waals surface area contributed by atoms with Crippen LogP contribution in [0.3, 0.4) is 0 Å². The van der Waals surface area contributed by atoms with E-state index in [9.17, 15) is 4.79 Å². The van der Waals surface area contributed by atoms with Gasteiger partial charge in [0.25, 0.3) is 0 Å². The summed E-state index contributed by atoms with van der Waals surface area (Å²) in [6.07, 6.45) is 4.23. The minimum absolute atomic E-state index is 0.0300. The zero-order chi connectivity index (χ0) is 16.9. The molecular weight excluding hydrogens is 318 g/mol. The van der Waals surface area contributed by atoms with E-state index in [2.05, 4.69) is 29.5 Å². The van der Waals surface area contributed by atoms with Crippen LogP contribution >= 0.6 is 11.3 Å². The van der Waals surface area contributed by atoms with Gasteiger partial charge in [-0.2, -0.15) is 0 Å². The van der Waals surface area contributed by atoms with Gasteiger partial charge in [0.2, 0.25) is 5.91 Å². The lowest BCUT2D eigenvalue weighted by Gasteiger charge is -2.21. The molecule has 0 saturated carbocycles. The molecule has 2 heterocycles. The highest BCUT2D eigenvalue weighted by atomic mass is 32.1. The van der Waals surface area contributed by atoms with Crippen molar-refractivity contribution in [2.45, 2.75) is 38.5 Å². The molecule has 4 nitrogen and oxygen atoms in total. The molecule has 1 aliphatic heterocycles. The number of carbonyl (C=O) groups is 1. The van der Waals surface area contributed by atoms with Gasteiger partial charge in [-0.1, -0.05) is 44.2 Å². The Labute approximate surface area is 147 Å². The second-order valence-corrected chi connectivity index (χ2v) is 7.78. The number of hydrogen-bond acceptors (Lipinski definition) is 4. The summed E-state index contributed by atoms with van der Waals surface area (Å²) in [4.78, 5) is 18.5. The molecule has 3 rings (SSSR count). The summed E-state index contributed by atoms with van der Waals surface area (Å²) in [5, 5.41) is 7.14. The van der Waals surface area contributed by atoms with Gasteiger partial charge in [-0.3, -0.25) is 4.79 Å². The Morgan fingerprint density at radius 1 is 1.25 bits per heavy atom. The molecule has 1 fully saturated rings. The molecule has 2 aromatic rings. The average Bonchev–Trinajstić information content (AvgIpc) is 3.05. The van der Waals surface area contributed by atoms with Crippen LogP contribution < -0.4 is 10.6 Å². The number of amides is 1. The van der Waals surface area contributed by atoms with Gasteiger partial charge in [-0.05, 0) is 43.3 Å². The molecule has 0 bridgehead atoms. The minimum Gasteiger partial charge on any atom is -0.317 e. The Bertz CT molecular complexity index is 662. The predicted molar refractivity (Wildman–Crippen MR) is 99.6 cm³/mol. The number of piperidine rings is 1. The van der Waals surface area contributed by atoms with Crippen LogP contribution in [0, 0.1) is 5.92 Å². The number of aromatic nitrogens is 1. The van der Waals surface area contributed by atoms with E-state index in [1.807, 2.05) is 36.5 Å². The maximum atomic E-state index is 12.8. The third kappa shape index (κ3) is 4.02. The Morgan fingerprint density at radius 2 is 1.96 bits per heavy atom. The first kappa shape index (κ1) is 17.1. The monoisotopic (exact) mass is 343 g/mol. The predicted octanol–water partition coefficient (Wildman–Crippen LogP) is 3.99. The molecule has 24 heavy (non-hydrogen) atoms. The van der Waals surface area contributed by atoms with Crippen LogP contribution in [0.4, 0.5) is 5.13 Å². The van der Waals surface area contributed by atoms with Crippen molar-refractivity contribution in [1.29, 1.82) is 0 Å². The lowest BCUT2D eigenvalue weighted by atomic mass is 9.88. The van der Waals surface area contributed by atoms with E-state index in [0.717, 1.165) is 36.6 Å². The summed E-state index contributed by atoms with van der Waals surface area (Å²) in [5.74, 6) is 0.681. The number of nitrogens with zero attached hydrogens (tertiary/aromatic N) is 1. The molecule has 2 N–H and O–H groups in total. The molecule has 0 spiro atoms. The van der Waals surface area contributed by atoms with Crippen molar-refractivity contribution < 1.29 is 4.79 Å². The summed E-state index contributed by atoms with van der Waals surface area (Å²) in [6, 6.07) is 9.98. The Hall–Kier alpha value is -1.72. The van der Waals surface area contributed by atoms with E-state index in [1.165, 1.54) is 4.88 Å². The Balaban J connectivity index is 1.70. The fourth-order valence-electron chi connectivity index (χ4n) is 3.32. The second-order valence-electron chi connectivity index (χ2n) is 6.71. The van der Waals surface area contributed by atoms with Gasteiger partial charge < -0.3 is 10.6 Å². The van der Waals surface area contributed by atoms with Gasteiger partial charge in [0.05, 0.1) is 5.92 Å². The highest BCUT2D eigenvalue weighted by Crippen LogP contribution is 2.33. The van der Waals surface area contributed by atoms with Crippen LogP contribution in [0.5, 0.6) is 0 Å². The highest BCUT2D eigenvalue weighted by Gasteiger charge is 2.25. The third-order valence-electron chi connectivity index (χ3n) is 4.60. The van der Waals surface area contributed by atoms with E-state index >= 15 is 0 Å². The molecule has 1 saturated heterocycles. The summed E-state index contributed by atoms with van der Waals surface area (Å²) in [5.41, 5.74) is 1.06. The maximum Gasteiger partial charge on any atom is 0.233 e. The largest absolute Gasteiger partial charge is 0.317 e. The molecule has 1 aromatic heterocycles. The smallest absolute Gasteiger partial charge is 0.233 e. The zero-order valence-electron chi connectivity index (χ0n) is 14.3. The first-order valence-electron chi connectivity index (χ1n) is 8.67. The van der Waals surface area contributed by atoms with Gasteiger partial charge in [-0.25, -0.2) is 4.98 Å². The summed E-state index contributed by atoms with van der Waals surface area (Å²) >= 11 is 1.62. The first-order valence-corrected chi connectivity index (χ1v) is 9.49. The molecule has 1 aliphatic rings. The van der Waals surface area contributed by atoms with E-state index in [0.29, 0.717) is 5.92 Å². The highest BCUT2D eigenvalue weighted by molar-refractivity contribution is 7.15. The van der Waals surface area contributed by atoms with Crippen molar-refractivity contribution in [3.63, 3.8) is 0 Å². The number of hydrogen-bond donors (Lipinski definition) is 2. The third-order valence-corrected chi connectivity index (χ3v) is 5.68. The number of carbonyl (C=O) groups excluding carboxylic acids is 1. The minimum atomic E-state index is -0.155. The van der Waals surface area contributed by atoms with E-state index in [-0.39, 0.29) is 17.7 Å². The Kier molecular flexibility index (Phi) is 5.63. The molecule has 0 aliphatic carbocycles. The van der Waals surface area contributed by atoms with Gasteiger partial charge in [0.1, 0.15) is 0 Å². The van der Waals surface area contributed by atoms with Crippen molar-refractivity contribution >= 4 is 22.4 Å². The first-order chi connectivity index (χ1) is 11.6. The number of anilines is 1. The van der Waals surface area contributed by atoms with Crippen LogP contribution in [-0.4, -0.2) is 24.0 Å². The number of thiazole rings is 1. The fraction of sp³-hybridized carbons (Fsp3) is 0.474. The maximum absolute atomic E-state index is 12.8. The lowest BCUT2D eigenvalue weighted by Crippen LogP contribution is -2.26. The molecule has 1 aromatic carbocycles. The fourth-order valence-corrected chi connectivity index (χ4v) is 4.31. The van der Waals surface area contributed by atoms with Crippen LogP contribution in [0.25, 0.3) is 0 Å². The van der Waals surface area contributed by atoms with Gasteiger partial charge in [0.15, 0.2) is 5.13 Å². The van der Waals surface area contributed by atoms with E-state index < -0.39 is 0 Å². The van der Waals surface area contributed by atoms with Crippen LogP contribution in [0.2, 0.25) is 0 Å². The molecular formula is C19H25N3OS. The van der Waals surface area contributed by atoms with Crippen molar-refractivity contribution in [2.24, 2.45) is 5.92 Å². The van der Waals surface area contributed by atoms with Crippen molar-refractivity contribution in [3.05, 3.63) is 47.0 Å². The summed E-state index contributed by atoms with van der Waals surface area (Å²) in [7, 11) is 0. The molecule has 1 atom stereocenters. The molecule has 1 unspecified atom stereocenters. The Morgan fingerprint density at radius 3 is 2.62 bits per heavy atom. The van der Waals surface area contributed by atoms with Crippen LogP contribution in [0.15, 0.2) is 36.5 Å². The number of rotatable bonds is 5. The normalized spacial score (nSPS) is 17.0. The number of nitrogens with one attached hydrogen (secondary N) is 2. The van der Waals surface area contributed by atoms with Gasteiger partial charge >= 0.3 is 0 Å². The number of benzene rings is 1. The van der Waals surface area contributed by atoms with Crippen molar-refractivity contribution in [3.8, 4) is 0 Å². The zero-order valence-corrected chi connectivity index (χ0v) is 15.1. The van der Waals surface area contributed by atoms with Crippen LogP contribution in [-0.2, 0) is 4.79 Å². The lowest BCUT2D eigenvalue weighted by molar-refractivity contribution is -0.118. The van der Waals surface area contributed by atoms with Crippen LogP contribution in [0.1, 0.15) is 49.0 Å². The average molecular weight is 343 g/mol. The molecule has 5 heteroatoms. The molecule has 0 radical (unpaired) electrons. The summed E-state index contributed by atoms with van der Waals surface area (Å²) in [6.45, 7) is 6.29. The topological polar surface area (TPSA) is 54.0 Å². The quantitative estimate of drug-likeness (QED) is 0.863. The second kappa shape index (κ2) is 7.90. The van der Waals surface area contributed by atoms with E-state index in [4.69, 9.17) is 0 Å². The van der Waals surface area contributed by atoms with E-state index in [1.54, 1.807) is 11.3 Å². The molecule has 128 valence electrons. The SMILES string of the molecule is CC(C)C(C(=O)Nc1ncc(C2CCNCC2)s1)c1ccccc1. The van der Waals surface area contributed by atoms with Gasteiger partial charge in [0, 0.05) is 11.1 Å². The van der Waals surface area contributed by atoms with Crippen molar-refractivity contribution in [2.75, 3.05) is 18.4 Å². The summed E-state index contributed by atoms with van der Waals surface area (Å²) < 4.78 is 0. The van der Waals surface area contributed by atoms with Crippen molar-refractivity contribution in [1.82, 2.24) is 10.3 Å². The molecule has 1 amide bonds. The standard InChI is InChI=1S/C19H25N3OS/c1-13(2)17(15-6-4-3-5-7-15)18(23)22-19-21-12-16(24-19)14-8-10-20-11-9-14/h3-7,12-14,17,20H,8-11H2,1-2H3,(H,21,22,23). The van der Waals surface area contributed by atoms with Gasteiger partial charge in [-0.15, -0.1) is 11.3 Å².